The molecule has 2 aromatic heterocycles. The molecule has 0 saturated heterocycles. The summed E-state index contributed by atoms with van der Waals surface area (Å²) in [6, 6.07) is 8.83. The Balaban J connectivity index is 1.66. The monoisotopic (exact) mass is 530 g/mol. The summed E-state index contributed by atoms with van der Waals surface area (Å²) in [5.41, 5.74) is 2.66. The van der Waals surface area contributed by atoms with Gasteiger partial charge in [-0.3, -0.25) is 4.79 Å². The average molecular weight is 531 g/mol. The van der Waals surface area contributed by atoms with Crippen LogP contribution < -0.4 is 10.1 Å². The fourth-order valence-electron chi connectivity index (χ4n) is 4.00. The van der Waals surface area contributed by atoms with Gasteiger partial charge in [0.05, 0.1) is 35.8 Å². The Labute approximate surface area is 216 Å². The maximum atomic E-state index is 14.3. The summed E-state index contributed by atoms with van der Waals surface area (Å²) in [5.74, 6) is -1.29. The number of nitrogens with one attached hydrogen (secondary N) is 1. The van der Waals surface area contributed by atoms with Crippen LogP contribution >= 0.6 is 11.6 Å². The van der Waals surface area contributed by atoms with Gasteiger partial charge in [0, 0.05) is 23.8 Å². The van der Waals surface area contributed by atoms with E-state index < -0.39 is 29.7 Å². The van der Waals surface area contributed by atoms with Crippen molar-refractivity contribution in [2.45, 2.75) is 32.6 Å². The van der Waals surface area contributed by atoms with Crippen LogP contribution in [-0.4, -0.2) is 45.6 Å². The second-order valence-electron chi connectivity index (χ2n) is 8.48. The molecule has 0 bridgehead atoms. The van der Waals surface area contributed by atoms with Crippen LogP contribution in [0.25, 0.3) is 16.6 Å². The predicted octanol–water partition coefficient (Wildman–Crippen LogP) is 4.42. The summed E-state index contributed by atoms with van der Waals surface area (Å²) in [4.78, 5) is 16.9. The van der Waals surface area contributed by atoms with Gasteiger partial charge in [0.2, 0.25) is 0 Å². The highest BCUT2D eigenvalue weighted by Gasteiger charge is 2.22. The zero-order chi connectivity index (χ0) is 26.7. The summed E-state index contributed by atoms with van der Waals surface area (Å²) >= 11 is 6.38. The Morgan fingerprint density at radius 3 is 2.73 bits per heavy atom. The number of ether oxygens (including phenoxy) is 2. The fraction of sp³-hybridized carbons (Fsp3) is 0.269. The minimum Gasteiger partial charge on any atom is -0.487 e. The normalized spacial score (nSPS) is 12.9. The number of methoxy groups -OCH3 is 1. The summed E-state index contributed by atoms with van der Waals surface area (Å²) < 4.78 is 40.2. The number of amides is 1. The first-order chi connectivity index (χ1) is 17.7. The van der Waals surface area contributed by atoms with E-state index in [0.717, 1.165) is 12.3 Å². The number of aliphatic hydroxyl groups is 1. The number of aromatic nitrogens is 3. The van der Waals surface area contributed by atoms with E-state index in [-0.39, 0.29) is 18.2 Å². The van der Waals surface area contributed by atoms with E-state index in [9.17, 15) is 18.7 Å². The van der Waals surface area contributed by atoms with Gasteiger partial charge in [-0.25, -0.2) is 18.4 Å². The van der Waals surface area contributed by atoms with Crippen molar-refractivity contribution >= 4 is 28.4 Å². The lowest BCUT2D eigenvalue weighted by atomic mass is 10.0. The molecule has 0 aliphatic carbocycles. The third-order valence-corrected chi connectivity index (χ3v) is 6.06. The fourth-order valence-corrected chi connectivity index (χ4v) is 4.27. The van der Waals surface area contributed by atoms with Crippen LogP contribution in [0, 0.1) is 18.6 Å². The Morgan fingerprint density at radius 1 is 1.24 bits per heavy atom. The number of carbonyl (C=O) groups is 1. The smallest absolute Gasteiger partial charge is 0.251 e. The molecule has 0 spiro atoms. The number of hydrogen-bond acceptors (Lipinski definition) is 6. The predicted molar refractivity (Wildman–Crippen MR) is 134 cm³/mol. The van der Waals surface area contributed by atoms with Gasteiger partial charge in [0.25, 0.3) is 5.91 Å². The molecule has 0 aliphatic heterocycles. The molecule has 4 rings (SSSR count). The van der Waals surface area contributed by atoms with Crippen LogP contribution in [0.4, 0.5) is 8.78 Å². The van der Waals surface area contributed by atoms with Gasteiger partial charge in [-0.15, -0.1) is 0 Å². The molecule has 0 saturated carbocycles. The SMILES string of the molecule is COCC(O)C(=O)N[C@@H](C)c1cc(F)cc(Cl)c1COc1cccc2c(-n3cc(F)cn3)cc(C)nc12. The zero-order valence-corrected chi connectivity index (χ0v) is 21.1. The highest BCUT2D eigenvalue weighted by atomic mass is 35.5. The number of benzene rings is 2. The lowest BCUT2D eigenvalue weighted by Gasteiger charge is -2.21. The van der Waals surface area contributed by atoms with Crippen LogP contribution in [0.3, 0.4) is 0 Å². The quantitative estimate of drug-likeness (QED) is 0.332. The largest absolute Gasteiger partial charge is 0.487 e. The molecule has 2 aromatic carbocycles. The van der Waals surface area contributed by atoms with Crippen molar-refractivity contribution in [3.8, 4) is 11.4 Å². The van der Waals surface area contributed by atoms with Crippen molar-refractivity contribution in [1.82, 2.24) is 20.1 Å². The molecular formula is C26H25ClF2N4O4. The van der Waals surface area contributed by atoms with Crippen molar-refractivity contribution in [3.63, 3.8) is 0 Å². The highest BCUT2D eigenvalue weighted by molar-refractivity contribution is 6.31. The van der Waals surface area contributed by atoms with Crippen LogP contribution in [-0.2, 0) is 16.1 Å². The van der Waals surface area contributed by atoms with Gasteiger partial charge in [0.15, 0.2) is 11.9 Å². The third kappa shape index (κ3) is 5.87. The van der Waals surface area contributed by atoms with Crippen LogP contribution in [0.15, 0.2) is 48.8 Å². The van der Waals surface area contributed by atoms with Gasteiger partial charge < -0.3 is 19.9 Å². The molecule has 1 unspecified atom stereocenters. The van der Waals surface area contributed by atoms with E-state index in [1.165, 1.54) is 24.1 Å². The number of rotatable bonds is 9. The van der Waals surface area contributed by atoms with Crippen molar-refractivity contribution in [2.24, 2.45) is 0 Å². The second-order valence-corrected chi connectivity index (χ2v) is 8.89. The maximum absolute atomic E-state index is 14.3. The maximum Gasteiger partial charge on any atom is 0.251 e. The van der Waals surface area contributed by atoms with Crippen LogP contribution in [0.2, 0.25) is 5.02 Å². The van der Waals surface area contributed by atoms with Gasteiger partial charge >= 0.3 is 0 Å². The molecular weight excluding hydrogens is 506 g/mol. The number of pyridine rings is 1. The summed E-state index contributed by atoms with van der Waals surface area (Å²) in [6.07, 6.45) is 1.01. The first kappa shape index (κ1) is 26.5. The molecule has 194 valence electrons. The number of hydrogen-bond donors (Lipinski definition) is 2. The van der Waals surface area contributed by atoms with E-state index in [1.807, 2.05) is 6.07 Å². The lowest BCUT2D eigenvalue weighted by molar-refractivity contribution is -0.132. The number of aryl methyl sites for hydroxylation is 1. The van der Waals surface area contributed by atoms with Crippen molar-refractivity contribution in [1.29, 1.82) is 0 Å². The second kappa shape index (κ2) is 11.2. The van der Waals surface area contributed by atoms with Gasteiger partial charge in [-0.05, 0) is 43.7 Å². The van der Waals surface area contributed by atoms with Gasteiger partial charge in [-0.2, -0.15) is 5.10 Å². The third-order valence-electron chi connectivity index (χ3n) is 5.73. The molecule has 0 fully saturated rings. The Bertz CT molecular complexity index is 1450. The van der Waals surface area contributed by atoms with Gasteiger partial charge in [0.1, 0.15) is 23.7 Å². The Hall–Kier alpha value is -3.60. The minimum atomic E-state index is -1.38. The standard InChI is InChI=1S/C26H25ClF2N4O4/c1-14-7-22(33-11-17(29)10-30-33)18-5-4-6-24(25(18)31-14)37-12-20-19(8-16(28)9-21(20)27)15(2)32-26(35)23(34)13-36-3/h4-11,15,23,34H,12-13H2,1-3H3,(H,32,35)/t15-,23?/m0/s1. The topological polar surface area (TPSA) is 98.5 Å². The molecule has 0 aliphatic rings. The molecule has 2 atom stereocenters. The first-order valence-corrected chi connectivity index (χ1v) is 11.7. The van der Waals surface area contributed by atoms with E-state index in [1.54, 1.807) is 32.0 Å². The Morgan fingerprint density at radius 2 is 2.03 bits per heavy atom. The molecule has 11 heteroatoms. The van der Waals surface area contributed by atoms with Crippen molar-refractivity contribution < 1.29 is 28.2 Å². The summed E-state index contributed by atoms with van der Waals surface area (Å²) in [6.45, 7) is 3.20. The molecule has 2 heterocycles. The van der Waals surface area contributed by atoms with E-state index in [0.29, 0.717) is 39.2 Å². The number of halogens is 3. The minimum absolute atomic E-state index is 0.0598. The molecule has 37 heavy (non-hydrogen) atoms. The summed E-state index contributed by atoms with van der Waals surface area (Å²) in [5, 5.41) is 17.4. The average Bonchev–Trinajstić information content (AvgIpc) is 3.28. The number of carbonyl (C=O) groups excluding carboxylic acids is 1. The Kier molecular flexibility index (Phi) is 8.01. The number of fused-ring (bicyclic) bond motifs is 1. The van der Waals surface area contributed by atoms with Crippen LogP contribution in [0.5, 0.6) is 5.75 Å². The molecule has 8 nitrogen and oxygen atoms in total. The first-order valence-electron chi connectivity index (χ1n) is 11.4. The van der Waals surface area contributed by atoms with E-state index in [2.05, 4.69) is 15.4 Å². The number of para-hydroxylation sites is 1. The highest BCUT2D eigenvalue weighted by Crippen LogP contribution is 2.32. The number of aliphatic hydroxyl groups excluding tert-OH is 1. The van der Waals surface area contributed by atoms with Crippen molar-refractivity contribution in [2.75, 3.05) is 13.7 Å². The molecule has 1 amide bonds. The van der Waals surface area contributed by atoms with E-state index >= 15 is 0 Å². The molecule has 4 aromatic rings. The van der Waals surface area contributed by atoms with Gasteiger partial charge in [-0.1, -0.05) is 23.7 Å². The molecule has 2 N–H and O–H groups in total. The molecule has 0 radical (unpaired) electrons. The lowest BCUT2D eigenvalue weighted by Crippen LogP contribution is -2.38. The number of nitrogens with zero attached hydrogens (tertiary/aromatic N) is 3. The van der Waals surface area contributed by atoms with E-state index in [4.69, 9.17) is 21.1 Å². The summed E-state index contributed by atoms with van der Waals surface area (Å²) in [7, 11) is 1.36. The van der Waals surface area contributed by atoms with Crippen LogP contribution in [0.1, 0.15) is 29.8 Å². The van der Waals surface area contributed by atoms with Crippen molar-refractivity contribution in [3.05, 3.63) is 82.3 Å². The zero-order valence-electron chi connectivity index (χ0n) is 20.3.